The van der Waals surface area contributed by atoms with Crippen LogP contribution in [0.3, 0.4) is 0 Å². The van der Waals surface area contributed by atoms with Gasteiger partial charge in [0.1, 0.15) is 6.17 Å². The molecule has 0 saturated carbocycles. The third-order valence-corrected chi connectivity index (χ3v) is 5.03. The van der Waals surface area contributed by atoms with Crippen molar-refractivity contribution in [3.63, 3.8) is 0 Å². The second kappa shape index (κ2) is 7.14. The molecule has 2 N–H and O–H groups in total. The zero-order valence-corrected chi connectivity index (χ0v) is 15.3. The van der Waals surface area contributed by atoms with Gasteiger partial charge in [-0.2, -0.15) is 0 Å². The SMILES string of the molecule is [C-]#[N+]c1ccc2c(c1)nc(N1CC[C@@H](F)[C@H](N)C1)n2Cc1ccc(Cl)cn1. The molecule has 2 aromatic heterocycles. The van der Waals surface area contributed by atoms with Crippen LogP contribution in [0.2, 0.25) is 5.02 Å². The molecule has 3 heterocycles. The molecule has 8 heteroatoms. The summed E-state index contributed by atoms with van der Waals surface area (Å²) in [5.41, 5.74) is 8.93. The maximum atomic E-state index is 13.8. The van der Waals surface area contributed by atoms with Gasteiger partial charge in [-0.05, 0) is 30.7 Å². The number of pyridine rings is 1. The second-order valence-electron chi connectivity index (χ2n) is 6.67. The Hall–Kier alpha value is -2.69. The number of rotatable bonds is 3. The number of piperidine rings is 1. The normalized spacial score (nSPS) is 20.0. The topological polar surface area (TPSA) is 64.3 Å². The molecule has 0 radical (unpaired) electrons. The van der Waals surface area contributed by atoms with Crippen LogP contribution in [0.5, 0.6) is 0 Å². The van der Waals surface area contributed by atoms with E-state index in [4.69, 9.17) is 28.9 Å². The van der Waals surface area contributed by atoms with E-state index in [0.717, 1.165) is 16.7 Å². The second-order valence-corrected chi connectivity index (χ2v) is 7.10. The number of hydrogen-bond acceptors (Lipinski definition) is 4. The van der Waals surface area contributed by atoms with Gasteiger partial charge in [0.15, 0.2) is 5.69 Å². The summed E-state index contributed by atoms with van der Waals surface area (Å²) >= 11 is 5.94. The molecule has 1 aliphatic rings. The van der Waals surface area contributed by atoms with E-state index < -0.39 is 12.2 Å². The first-order valence-electron chi connectivity index (χ1n) is 8.68. The van der Waals surface area contributed by atoms with Crippen molar-refractivity contribution in [2.75, 3.05) is 18.0 Å². The van der Waals surface area contributed by atoms with Crippen molar-refractivity contribution in [1.82, 2.24) is 14.5 Å². The van der Waals surface area contributed by atoms with Crippen LogP contribution in [0.25, 0.3) is 15.9 Å². The standard InChI is InChI=1S/C19H18ClFN6/c1-23-13-4-5-18-17(8-13)25-19(26-7-6-15(21)16(22)11-26)27(18)10-14-3-2-12(20)9-24-14/h2-5,8-9,15-16H,6-7,10-11,22H2/t15-,16-/m1/s1. The summed E-state index contributed by atoms with van der Waals surface area (Å²) in [6, 6.07) is 8.54. The van der Waals surface area contributed by atoms with Crippen molar-refractivity contribution in [2.24, 2.45) is 5.73 Å². The minimum Gasteiger partial charge on any atom is -0.340 e. The molecule has 3 aromatic rings. The summed E-state index contributed by atoms with van der Waals surface area (Å²) < 4.78 is 15.9. The third kappa shape index (κ3) is 3.46. The summed E-state index contributed by atoms with van der Waals surface area (Å²) in [5, 5.41) is 0.576. The molecular formula is C19H18ClFN6. The molecule has 0 unspecified atom stereocenters. The monoisotopic (exact) mass is 384 g/mol. The fourth-order valence-electron chi connectivity index (χ4n) is 3.37. The van der Waals surface area contributed by atoms with Crippen LogP contribution in [0.4, 0.5) is 16.0 Å². The lowest BCUT2D eigenvalue weighted by Gasteiger charge is -2.34. The maximum absolute atomic E-state index is 13.8. The number of benzene rings is 1. The van der Waals surface area contributed by atoms with Gasteiger partial charge in [-0.1, -0.05) is 17.7 Å². The highest BCUT2D eigenvalue weighted by molar-refractivity contribution is 6.30. The molecule has 6 nitrogen and oxygen atoms in total. The Morgan fingerprint density at radius 2 is 2.19 bits per heavy atom. The predicted molar refractivity (Wildman–Crippen MR) is 104 cm³/mol. The zero-order valence-electron chi connectivity index (χ0n) is 14.5. The number of nitrogens with zero attached hydrogens (tertiary/aromatic N) is 5. The van der Waals surface area contributed by atoms with Crippen molar-refractivity contribution < 1.29 is 4.39 Å². The quantitative estimate of drug-likeness (QED) is 0.701. The van der Waals surface area contributed by atoms with E-state index in [1.165, 1.54) is 0 Å². The number of imidazole rings is 1. The van der Waals surface area contributed by atoms with Gasteiger partial charge in [0.05, 0.1) is 40.9 Å². The van der Waals surface area contributed by atoms with E-state index in [0.29, 0.717) is 42.7 Å². The molecule has 4 rings (SSSR count). The van der Waals surface area contributed by atoms with Crippen molar-refractivity contribution >= 4 is 34.3 Å². The van der Waals surface area contributed by atoms with E-state index in [1.807, 2.05) is 21.6 Å². The molecule has 0 spiro atoms. The molecule has 0 amide bonds. The molecule has 0 bridgehead atoms. The minimum atomic E-state index is -0.995. The maximum Gasteiger partial charge on any atom is 0.206 e. The minimum absolute atomic E-state index is 0.372. The molecule has 2 atom stereocenters. The highest BCUT2D eigenvalue weighted by Gasteiger charge is 2.29. The van der Waals surface area contributed by atoms with Crippen molar-refractivity contribution in [3.05, 3.63) is 58.7 Å². The predicted octanol–water partition coefficient (Wildman–Crippen LogP) is 3.56. The van der Waals surface area contributed by atoms with Crippen LogP contribution in [0.15, 0.2) is 36.5 Å². The smallest absolute Gasteiger partial charge is 0.206 e. The van der Waals surface area contributed by atoms with Crippen molar-refractivity contribution in [1.29, 1.82) is 0 Å². The Morgan fingerprint density at radius 3 is 2.89 bits per heavy atom. The first kappa shape index (κ1) is 17.7. The Labute approximate surface area is 161 Å². The average molecular weight is 385 g/mol. The molecule has 1 aromatic carbocycles. The number of aromatic nitrogens is 3. The Balaban J connectivity index is 1.78. The van der Waals surface area contributed by atoms with Gasteiger partial charge in [0.25, 0.3) is 0 Å². The summed E-state index contributed by atoms with van der Waals surface area (Å²) in [5.74, 6) is 0.714. The van der Waals surface area contributed by atoms with Crippen molar-refractivity contribution in [2.45, 2.75) is 25.2 Å². The van der Waals surface area contributed by atoms with E-state index in [9.17, 15) is 4.39 Å². The lowest BCUT2D eigenvalue weighted by molar-refractivity contribution is 0.243. The number of halogens is 2. The van der Waals surface area contributed by atoms with Crippen LogP contribution < -0.4 is 10.6 Å². The van der Waals surface area contributed by atoms with Gasteiger partial charge in [-0.15, -0.1) is 0 Å². The summed E-state index contributed by atoms with van der Waals surface area (Å²) in [7, 11) is 0. The van der Waals surface area contributed by atoms with Crippen LogP contribution in [0.1, 0.15) is 12.1 Å². The fourth-order valence-corrected chi connectivity index (χ4v) is 3.48. The highest BCUT2D eigenvalue weighted by Crippen LogP contribution is 2.29. The molecular weight excluding hydrogens is 367 g/mol. The molecule has 27 heavy (non-hydrogen) atoms. The number of fused-ring (bicyclic) bond motifs is 1. The van der Waals surface area contributed by atoms with E-state index >= 15 is 0 Å². The van der Waals surface area contributed by atoms with Crippen molar-refractivity contribution in [3.8, 4) is 0 Å². The summed E-state index contributed by atoms with van der Waals surface area (Å²) in [4.78, 5) is 14.6. The molecule has 0 aliphatic carbocycles. The van der Waals surface area contributed by atoms with Crippen LogP contribution in [-0.2, 0) is 6.54 Å². The molecule has 1 aliphatic heterocycles. The number of anilines is 1. The van der Waals surface area contributed by atoms with Gasteiger partial charge in [-0.25, -0.2) is 14.2 Å². The van der Waals surface area contributed by atoms with Crippen LogP contribution in [0, 0.1) is 6.57 Å². The third-order valence-electron chi connectivity index (χ3n) is 4.80. The van der Waals surface area contributed by atoms with E-state index in [-0.39, 0.29) is 0 Å². The summed E-state index contributed by atoms with van der Waals surface area (Å²) in [6.45, 7) is 8.65. The molecule has 1 saturated heterocycles. The van der Waals surface area contributed by atoms with Gasteiger partial charge in [0.2, 0.25) is 5.95 Å². The van der Waals surface area contributed by atoms with Crippen LogP contribution in [-0.4, -0.2) is 39.8 Å². The van der Waals surface area contributed by atoms with Gasteiger partial charge < -0.3 is 15.2 Å². The Kier molecular flexibility index (Phi) is 4.68. The first-order chi connectivity index (χ1) is 13.0. The largest absolute Gasteiger partial charge is 0.340 e. The van der Waals surface area contributed by atoms with Crippen LogP contribution >= 0.6 is 11.6 Å². The number of hydrogen-bond donors (Lipinski definition) is 1. The lowest BCUT2D eigenvalue weighted by atomic mass is 10.1. The number of alkyl halides is 1. The van der Waals surface area contributed by atoms with Gasteiger partial charge in [0, 0.05) is 19.3 Å². The Bertz CT molecular complexity index is 1010. The number of nitrogens with two attached hydrogens (primary N) is 1. The van der Waals surface area contributed by atoms with E-state index in [1.54, 1.807) is 24.4 Å². The Morgan fingerprint density at radius 1 is 1.33 bits per heavy atom. The zero-order chi connectivity index (χ0) is 19.0. The average Bonchev–Trinajstić information content (AvgIpc) is 3.03. The van der Waals surface area contributed by atoms with Gasteiger partial charge >= 0.3 is 0 Å². The van der Waals surface area contributed by atoms with E-state index in [2.05, 4.69) is 9.83 Å². The molecule has 1 fully saturated rings. The molecule has 138 valence electrons. The van der Waals surface area contributed by atoms with Gasteiger partial charge in [-0.3, -0.25) is 4.98 Å². The lowest BCUT2D eigenvalue weighted by Crippen LogP contribution is -2.50. The summed E-state index contributed by atoms with van der Waals surface area (Å²) in [6.07, 6.45) is 0.986. The fraction of sp³-hybridized carbons (Fsp3) is 0.316. The highest BCUT2D eigenvalue weighted by atomic mass is 35.5. The first-order valence-corrected chi connectivity index (χ1v) is 9.06.